The van der Waals surface area contributed by atoms with E-state index in [0.29, 0.717) is 22.6 Å². The van der Waals surface area contributed by atoms with Crippen molar-refractivity contribution in [3.8, 4) is 11.1 Å². The molecular weight excluding hydrogens is 357 g/mol. The normalized spacial score (nSPS) is 17.1. The Kier molecular flexibility index (Phi) is 3.47. The van der Waals surface area contributed by atoms with Gasteiger partial charge in [0, 0.05) is 61.7 Å². The summed E-state index contributed by atoms with van der Waals surface area (Å²) in [5, 5.41) is 0.836. The molecule has 1 amide bonds. The molecule has 1 aliphatic carbocycles. The molecular formula is C21H20FN5O. The van der Waals surface area contributed by atoms with Crippen LogP contribution in [0, 0.1) is 5.82 Å². The lowest BCUT2D eigenvalue weighted by molar-refractivity contribution is -0.125. The predicted octanol–water partition coefficient (Wildman–Crippen LogP) is 3.30. The van der Waals surface area contributed by atoms with Crippen molar-refractivity contribution in [3.63, 3.8) is 0 Å². The number of rotatable bonds is 2. The van der Waals surface area contributed by atoms with Gasteiger partial charge in [-0.1, -0.05) is 6.42 Å². The number of benzene rings is 1. The number of halogens is 1. The van der Waals surface area contributed by atoms with Gasteiger partial charge in [0.15, 0.2) is 0 Å². The van der Waals surface area contributed by atoms with E-state index in [1.807, 2.05) is 14.1 Å². The SMILES string of the molecule is CN(C)c1ncc(-c2cc3c4c(cnc3cc2F)N(C)C(=O)C42CCC2)cn1. The molecule has 2 aromatic heterocycles. The van der Waals surface area contributed by atoms with Crippen molar-refractivity contribution in [3.05, 3.63) is 42.1 Å². The summed E-state index contributed by atoms with van der Waals surface area (Å²) < 4.78 is 14.9. The Bertz CT molecular complexity index is 1120. The summed E-state index contributed by atoms with van der Waals surface area (Å²) in [6, 6.07) is 3.25. The van der Waals surface area contributed by atoms with Crippen LogP contribution in [-0.2, 0) is 10.2 Å². The average molecular weight is 377 g/mol. The van der Waals surface area contributed by atoms with Crippen molar-refractivity contribution in [2.75, 3.05) is 30.9 Å². The highest BCUT2D eigenvalue weighted by Gasteiger charge is 2.54. The quantitative estimate of drug-likeness (QED) is 0.686. The van der Waals surface area contributed by atoms with E-state index in [1.165, 1.54) is 6.07 Å². The van der Waals surface area contributed by atoms with E-state index >= 15 is 0 Å². The number of nitrogens with zero attached hydrogens (tertiary/aromatic N) is 5. The minimum Gasteiger partial charge on any atom is -0.347 e. The van der Waals surface area contributed by atoms with Crippen LogP contribution in [0.2, 0.25) is 0 Å². The number of anilines is 2. The second-order valence-electron chi connectivity index (χ2n) is 7.83. The molecule has 0 N–H and O–H groups in total. The van der Waals surface area contributed by atoms with Crippen LogP contribution in [0.1, 0.15) is 24.8 Å². The van der Waals surface area contributed by atoms with E-state index < -0.39 is 5.41 Å². The highest BCUT2D eigenvalue weighted by molar-refractivity contribution is 6.13. The molecule has 28 heavy (non-hydrogen) atoms. The van der Waals surface area contributed by atoms with Crippen LogP contribution in [-0.4, -0.2) is 42.0 Å². The summed E-state index contributed by atoms with van der Waals surface area (Å²) in [5.74, 6) is 0.308. The first-order valence-electron chi connectivity index (χ1n) is 9.33. The molecule has 3 aromatic rings. The molecule has 1 saturated carbocycles. The third kappa shape index (κ3) is 2.13. The fourth-order valence-electron chi connectivity index (χ4n) is 4.40. The number of hydrogen-bond donors (Lipinski definition) is 0. The molecule has 2 aliphatic rings. The Morgan fingerprint density at radius 2 is 1.82 bits per heavy atom. The van der Waals surface area contributed by atoms with Gasteiger partial charge in [0.1, 0.15) is 5.82 Å². The summed E-state index contributed by atoms with van der Waals surface area (Å²) in [6.45, 7) is 0. The van der Waals surface area contributed by atoms with E-state index in [1.54, 1.807) is 41.5 Å². The first-order valence-corrected chi connectivity index (χ1v) is 9.33. The molecule has 0 bridgehead atoms. The maximum atomic E-state index is 14.9. The maximum absolute atomic E-state index is 14.9. The van der Waals surface area contributed by atoms with Gasteiger partial charge in [-0.05, 0) is 18.9 Å². The van der Waals surface area contributed by atoms with E-state index in [0.717, 1.165) is 35.9 Å². The Hall–Kier alpha value is -3.09. The number of carbonyl (C=O) groups excluding carboxylic acids is 1. The minimum atomic E-state index is -0.481. The lowest BCUT2D eigenvalue weighted by Crippen LogP contribution is -2.43. The van der Waals surface area contributed by atoms with E-state index in [4.69, 9.17) is 0 Å². The molecule has 1 fully saturated rings. The highest BCUT2D eigenvalue weighted by atomic mass is 19.1. The predicted molar refractivity (Wildman–Crippen MR) is 106 cm³/mol. The molecule has 3 heterocycles. The number of aromatic nitrogens is 3. The Morgan fingerprint density at radius 1 is 1.11 bits per heavy atom. The van der Waals surface area contributed by atoms with Crippen molar-refractivity contribution in [2.24, 2.45) is 0 Å². The summed E-state index contributed by atoms with van der Waals surface area (Å²) >= 11 is 0. The van der Waals surface area contributed by atoms with E-state index in [-0.39, 0.29) is 11.7 Å². The van der Waals surface area contributed by atoms with E-state index in [9.17, 15) is 9.18 Å². The monoisotopic (exact) mass is 377 g/mol. The topological polar surface area (TPSA) is 62.2 Å². The van der Waals surface area contributed by atoms with Crippen LogP contribution in [0.25, 0.3) is 22.0 Å². The Labute approximate surface area is 162 Å². The van der Waals surface area contributed by atoms with Gasteiger partial charge < -0.3 is 9.80 Å². The van der Waals surface area contributed by atoms with Crippen molar-refractivity contribution < 1.29 is 9.18 Å². The summed E-state index contributed by atoms with van der Waals surface area (Å²) in [4.78, 5) is 29.4. The van der Waals surface area contributed by atoms with Crippen LogP contribution in [0.15, 0.2) is 30.7 Å². The second kappa shape index (κ2) is 5.70. The van der Waals surface area contributed by atoms with Crippen molar-refractivity contribution >= 4 is 28.4 Å². The summed E-state index contributed by atoms with van der Waals surface area (Å²) in [6.07, 6.45) is 7.62. The molecule has 0 saturated heterocycles. The largest absolute Gasteiger partial charge is 0.347 e. The van der Waals surface area contributed by atoms with Crippen LogP contribution < -0.4 is 9.80 Å². The lowest BCUT2D eigenvalue weighted by Gasteiger charge is -2.37. The fraction of sp³-hybridized carbons (Fsp3) is 0.333. The number of amides is 1. The van der Waals surface area contributed by atoms with Gasteiger partial charge in [0.05, 0.1) is 22.8 Å². The smallest absolute Gasteiger partial charge is 0.237 e. The van der Waals surface area contributed by atoms with Crippen LogP contribution in [0.3, 0.4) is 0 Å². The zero-order valence-electron chi connectivity index (χ0n) is 16.0. The molecule has 1 spiro atoms. The molecule has 5 rings (SSSR count). The number of fused-ring (bicyclic) bond motifs is 4. The third-order valence-corrected chi connectivity index (χ3v) is 6.05. The molecule has 0 atom stereocenters. The molecule has 1 aromatic carbocycles. The molecule has 0 radical (unpaired) electrons. The first kappa shape index (κ1) is 17.0. The van der Waals surface area contributed by atoms with Gasteiger partial charge in [-0.2, -0.15) is 0 Å². The highest BCUT2D eigenvalue weighted by Crippen LogP contribution is 2.55. The number of likely N-dealkylation sites (N-methyl/N-ethyl adjacent to an activating group) is 1. The molecule has 7 heteroatoms. The number of pyridine rings is 1. The van der Waals surface area contributed by atoms with Crippen LogP contribution in [0.5, 0.6) is 0 Å². The standard InChI is InChI=1S/C21H20FN5O/c1-26(2)20-24-9-12(10-25-20)13-7-14-16(8-15(13)22)23-11-17-18(14)21(5-4-6-21)19(28)27(17)3/h7-11H,4-6H2,1-3H3. The lowest BCUT2D eigenvalue weighted by atomic mass is 9.64. The zero-order chi connectivity index (χ0) is 19.6. The Morgan fingerprint density at radius 3 is 2.43 bits per heavy atom. The van der Waals surface area contributed by atoms with Crippen LogP contribution in [0.4, 0.5) is 16.0 Å². The maximum Gasteiger partial charge on any atom is 0.237 e. The van der Waals surface area contributed by atoms with Gasteiger partial charge in [-0.25, -0.2) is 14.4 Å². The van der Waals surface area contributed by atoms with Gasteiger partial charge in [0.2, 0.25) is 11.9 Å². The average Bonchev–Trinajstić information content (AvgIpc) is 2.89. The molecule has 142 valence electrons. The minimum absolute atomic E-state index is 0.118. The second-order valence-corrected chi connectivity index (χ2v) is 7.83. The van der Waals surface area contributed by atoms with Gasteiger partial charge in [0.25, 0.3) is 0 Å². The van der Waals surface area contributed by atoms with Crippen molar-refractivity contribution in [2.45, 2.75) is 24.7 Å². The van der Waals surface area contributed by atoms with Gasteiger partial charge in [-0.3, -0.25) is 9.78 Å². The van der Waals surface area contributed by atoms with Crippen LogP contribution >= 0.6 is 0 Å². The first-order chi connectivity index (χ1) is 13.4. The number of hydrogen-bond acceptors (Lipinski definition) is 5. The number of carbonyl (C=O) groups is 1. The summed E-state index contributed by atoms with van der Waals surface area (Å²) in [5.41, 5.74) is 2.93. The fourth-order valence-corrected chi connectivity index (χ4v) is 4.40. The van der Waals surface area contributed by atoms with Crippen molar-refractivity contribution in [1.29, 1.82) is 0 Å². The van der Waals surface area contributed by atoms with Gasteiger partial charge >= 0.3 is 0 Å². The molecule has 0 unspecified atom stereocenters. The zero-order valence-corrected chi connectivity index (χ0v) is 16.0. The van der Waals surface area contributed by atoms with Gasteiger partial charge in [-0.15, -0.1) is 0 Å². The molecule has 1 aliphatic heterocycles. The molecule has 6 nitrogen and oxygen atoms in total. The third-order valence-electron chi connectivity index (χ3n) is 6.05. The Balaban J connectivity index is 1.73. The summed E-state index contributed by atoms with van der Waals surface area (Å²) in [7, 11) is 5.50. The van der Waals surface area contributed by atoms with E-state index in [2.05, 4.69) is 15.0 Å². The van der Waals surface area contributed by atoms with Crippen molar-refractivity contribution in [1.82, 2.24) is 15.0 Å².